The molecule has 4 aliphatic heterocycles. The molecule has 0 spiro atoms. The molecule has 5 unspecified atom stereocenters. The van der Waals surface area contributed by atoms with Gasteiger partial charge in [-0.3, -0.25) is 9.59 Å². The molecule has 0 saturated carbocycles. The Bertz CT molecular complexity index is 677. The Morgan fingerprint density at radius 2 is 1.76 bits per heavy atom. The van der Waals surface area contributed by atoms with Crippen molar-refractivity contribution in [1.82, 2.24) is 26.2 Å². The number of rotatable bonds is 7. The van der Waals surface area contributed by atoms with E-state index in [9.17, 15) is 22.8 Å². The molecule has 4 fully saturated rings. The first-order chi connectivity index (χ1) is 16.3. The average Bonchev–Trinajstić information content (AvgIpc) is 3.28. The van der Waals surface area contributed by atoms with E-state index in [-0.39, 0.29) is 37.2 Å². The van der Waals surface area contributed by atoms with Gasteiger partial charge in [-0.25, -0.2) is 0 Å². The van der Waals surface area contributed by atoms with Crippen molar-refractivity contribution in [2.24, 2.45) is 17.8 Å². The highest BCUT2D eigenvalue weighted by Crippen LogP contribution is 2.32. The number of likely N-dealkylation sites (tertiary alicyclic amines) is 1. The molecule has 4 heterocycles. The molecule has 34 heavy (non-hydrogen) atoms. The summed E-state index contributed by atoms with van der Waals surface area (Å²) in [5.74, 6) is -0.131. The highest BCUT2D eigenvalue weighted by Gasteiger charge is 2.43. The zero-order valence-corrected chi connectivity index (χ0v) is 20.0. The number of alkyl halides is 3. The molecule has 4 aliphatic rings. The van der Waals surface area contributed by atoms with Crippen molar-refractivity contribution in [2.45, 2.75) is 82.1 Å². The Morgan fingerprint density at radius 1 is 0.971 bits per heavy atom. The van der Waals surface area contributed by atoms with Crippen LogP contribution in [0.3, 0.4) is 0 Å². The third-order valence-corrected chi connectivity index (χ3v) is 8.32. The largest absolute Gasteiger partial charge is 0.393 e. The molecule has 0 aromatic heterocycles. The van der Waals surface area contributed by atoms with E-state index in [1.807, 2.05) is 4.90 Å². The summed E-state index contributed by atoms with van der Waals surface area (Å²) in [7, 11) is 0. The van der Waals surface area contributed by atoms with E-state index in [4.69, 9.17) is 0 Å². The summed E-state index contributed by atoms with van der Waals surface area (Å²) in [5.41, 5.74) is 0. The predicted molar refractivity (Wildman–Crippen MR) is 123 cm³/mol. The highest BCUT2D eigenvalue weighted by molar-refractivity contribution is 5.82. The molecule has 0 aromatic carbocycles. The lowest BCUT2D eigenvalue weighted by atomic mass is 9.90. The number of nitrogens with zero attached hydrogens (tertiary/aromatic N) is 1. The van der Waals surface area contributed by atoms with Gasteiger partial charge in [0.05, 0.1) is 18.0 Å². The Hall–Kier alpha value is -1.39. The summed E-state index contributed by atoms with van der Waals surface area (Å²) in [6.45, 7) is 3.94. The molecule has 0 bridgehead atoms. The second-order valence-electron chi connectivity index (χ2n) is 10.6. The van der Waals surface area contributed by atoms with Gasteiger partial charge >= 0.3 is 6.18 Å². The molecule has 4 N–H and O–H groups in total. The predicted octanol–water partition coefficient (Wildman–Crippen LogP) is 1.78. The summed E-state index contributed by atoms with van der Waals surface area (Å²) in [4.78, 5) is 27.0. The van der Waals surface area contributed by atoms with E-state index in [2.05, 4.69) is 21.3 Å². The van der Waals surface area contributed by atoms with Gasteiger partial charge in [0.15, 0.2) is 0 Å². The number of unbranched alkanes of at least 4 members (excludes halogenated alkanes) is 1. The van der Waals surface area contributed by atoms with Crippen molar-refractivity contribution in [2.75, 3.05) is 39.3 Å². The van der Waals surface area contributed by atoms with Crippen LogP contribution in [0.5, 0.6) is 0 Å². The molecule has 0 aliphatic carbocycles. The number of halogens is 3. The second kappa shape index (κ2) is 11.6. The highest BCUT2D eigenvalue weighted by atomic mass is 19.4. The third-order valence-electron chi connectivity index (χ3n) is 8.32. The molecular formula is C24H40F3N5O2. The van der Waals surface area contributed by atoms with Crippen molar-refractivity contribution >= 4 is 11.8 Å². The SMILES string of the molecule is O=C(NCCCCC1CCN(C(=O)C2CCC(C(F)(F)F)CN2)CC1)C1CC2CNCCC2N1. The minimum Gasteiger partial charge on any atom is -0.355 e. The molecular weight excluding hydrogens is 447 g/mol. The maximum absolute atomic E-state index is 12.8. The number of amides is 2. The van der Waals surface area contributed by atoms with Crippen LogP contribution in [0, 0.1) is 17.8 Å². The van der Waals surface area contributed by atoms with Gasteiger partial charge in [-0.05, 0) is 69.9 Å². The van der Waals surface area contributed by atoms with Crippen molar-refractivity contribution in [1.29, 1.82) is 0 Å². The molecule has 0 radical (unpaired) electrons. The van der Waals surface area contributed by atoms with Crippen molar-refractivity contribution < 1.29 is 22.8 Å². The number of piperidine rings is 3. The van der Waals surface area contributed by atoms with Gasteiger partial charge in [0.25, 0.3) is 0 Å². The first-order valence-electron chi connectivity index (χ1n) is 13.1. The Labute approximate surface area is 200 Å². The number of hydrogen-bond acceptors (Lipinski definition) is 5. The van der Waals surface area contributed by atoms with Crippen molar-refractivity contribution in [3.8, 4) is 0 Å². The fourth-order valence-electron chi connectivity index (χ4n) is 6.10. The number of nitrogens with one attached hydrogen (secondary N) is 4. The quantitative estimate of drug-likeness (QED) is 0.412. The van der Waals surface area contributed by atoms with Gasteiger partial charge in [-0.2, -0.15) is 13.2 Å². The summed E-state index contributed by atoms with van der Waals surface area (Å²) in [6.07, 6.45) is 3.08. The lowest BCUT2D eigenvalue weighted by molar-refractivity contribution is -0.180. The van der Waals surface area contributed by atoms with Gasteiger partial charge in [0.2, 0.25) is 11.8 Å². The van der Waals surface area contributed by atoms with Crippen LogP contribution in [-0.2, 0) is 9.59 Å². The minimum absolute atomic E-state index is 0.0229. The van der Waals surface area contributed by atoms with Gasteiger partial charge in [-0.1, -0.05) is 12.8 Å². The van der Waals surface area contributed by atoms with Crippen LogP contribution in [0.2, 0.25) is 0 Å². The lowest BCUT2D eigenvalue weighted by Gasteiger charge is -2.37. The fraction of sp³-hybridized carbons (Fsp3) is 0.917. The standard InChI is InChI=1S/C24H40F3N5O2/c25-24(26,27)18-4-5-20(30-15-18)23(34)32-11-7-16(8-12-32)3-1-2-9-29-22(33)21-13-17-14-28-10-6-19(17)31-21/h16-21,28,30-31H,1-15H2,(H,29,33). The summed E-state index contributed by atoms with van der Waals surface area (Å²) in [5, 5.41) is 12.8. The first kappa shape index (κ1) is 25.7. The summed E-state index contributed by atoms with van der Waals surface area (Å²) >= 11 is 0. The van der Waals surface area contributed by atoms with Crippen LogP contribution < -0.4 is 21.3 Å². The van der Waals surface area contributed by atoms with E-state index >= 15 is 0 Å². The zero-order chi connectivity index (χ0) is 24.1. The van der Waals surface area contributed by atoms with Gasteiger partial charge in [0, 0.05) is 32.2 Å². The van der Waals surface area contributed by atoms with Crippen LogP contribution in [-0.4, -0.2) is 80.3 Å². The fourth-order valence-corrected chi connectivity index (χ4v) is 6.10. The van der Waals surface area contributed by atoms with Crippen molar-refractivity contribution in [3.63, 3.8) is 0 Å². The molecule has 194 valence electrons. The number of fused-ring (bicyclic) bond motifs is 1. The Kier molecular flexibility index (Phi) is 8.74. The number of hydrogen-bond donors (Lipinski definition) is 4. The maximum Gasteiger partial charge on any atom is 0.393 e. The smallest absolute Gasteiger partial charge is 0.355 e. The first-order valence-corrected chi connectivity index (χ1v) is 13.1. The van der Waals surface area contributed by atoms with E-state index in [1.54, 1.807) is 0 Å². The molecule has 0 aromatic rings. The van der Waals surface area contributed by atoms with Crippen LogP contribution in [0.1, 0.15) is 57.8 Å². The van der Waals surface area contributed by atoms with Gasteiger partial charge < -0.3 is 26.2 Å². The third kappa shape index (κ3) is 6.63. The summed E-state index contributed by atoms with van der Waals surface area (Å²) < 4.78 is 38.5. The average molecular weight is 488 g/mol. The van der Waals surface area contributed by atoms with E-state index < -0.39 is 18.1 Å². The molecule has 10 heteroatoms. The topological polar surface area (TPSA) is 85.5 Å². The molecule has 4 rings (SSSR count). The molecule has 7 nitrogen and oxygen atoms in total. The normalized spacial score (nSPS) is 32.9. The van der Waals surface area contributed by atoms with Gasteiger partial charge in [0.1, 0.15) is 0 Å². The van der Waals surface area contributed by atoms with Crippen molar-refractivity contribution in [3.05, 3.63) is 0 Å². The van der Waals surface area contributed by atoms with Crippen LogP contribution in [0.25, 0.3) is 0 Å². The van der Waals surface area contributed by atoms with E-state index in [1.165, 1.54) is 0 Å². The second-order valence-corrected chi connectivity index (χ2v) is 10.6. The molecule has 2 amide bonds. The van der Waals surface area contributed by atoms with E-state index in [0.717, 1.165) is 58.0 Å². The Morgan fingerprint density at radius 3 is 2.44 bits per heavy atom. The lowest BCUT2D eigenvalue weighted by Crippen LogP contribution is -2.53. The number of carbonyl (C=O) groups excluding carboxylic acids is 2. The number of carbonyl (C=O) groups is 2. The van der Waals surface area contributed by atoms with Crippen LogP contribution in [0.4, 0.5) is 13.2 Å². The Balaban J connectivity index is 1.05. The molecule has 4 saturated heterocycles. The summed E-state index contributed by atoms with van der Waals surface area (Å²) in [6, 6.07) is -0.0662. The zero-order valence-electron chi connectivity index (χ0n) is 20.0. The molecule has 5 atom stereocenters. The van der Waals surface area contributed by atoms with Crippen LogP contribution >= 0.6 is 0 Å². The maximum atomic E-state index is 12.8. The van der Waals surface area contributed by atoms with E-state index in [0.29, 0.717) is 37.5 Å². The monoisotopic (exact) mass is 487 g/mol. The minimum atomic E-state index is -4.19. The van der Waals surface area contributed by atoms with Gasteiger partial charge in [-0.15, -0.1) is 0 Å². The van der Waals surface area contributed by atoms with Crippen LogP contribution in [0.15, 0.2) is 0 Å².